The second-order valence-electron chi connectivity index (χ2n) is 4.44. The zero-order chi connectivity index (χ0) is 9.38. The monoisotopic (exact) mass is 189 g/mol. The molecule has 0 spiro atoms. The molecular formula is C11H15N3. The van der Waals surface area contributed by atoms with E-state index in [1.807, 2.05) is 6.20 Å². The second-order valence-corrected chi connectivity index (χ2v) is 4.44. The van der Waals surface area contributed by atoms with Gasteiger partial charge in [0.15, 0.2) is 0 Å². The number of hydrogen-bond donors (Lipinski definition) is 1. The number of aromatic nitrogens is 2. The number of hydrogen-bond acceptors (Lipinski definition) is 3. The summed E-state index contributed by atoms with van der Waals surface area (Å²) in [6.45, 7) is 0. The molecule has 0 aliphatic heterocycles. The third kappa shape index (κ3) is 1.72. The van der Waals surface area contributed by atoms with Gasteiger partial charge in [-0.05, 0) is 37.5 Å². The van der Waals surface area contributed by atoms with Gasteiger partial charge in [0.05, 0.1) is 6.20 Å². The SMILES string of the molecule is c1cnc(NC(C2CC2)C2CC2)cn1. The highest BCUT2D eigenvalue weighted by Crippen LogP contribution is 2.45. The molecule has 14 heavy (non-hydrogen) atoms. The highest BCUT2D eigenvalue weighted by Gasteiger charge is 2.41. The first kappa shape index (κ1) is 8.21. The molecule has 0 aromatic carbocycles. The second kappa shape index (κ2) is 3.23. The van der Waals surface area contributed by atoms with Crippen molar-refractivity contribution in [2.24, 2.45) is 11.8 Å². The van der Waals surface area contributed by atoms with Crippen molar-refractivity contribution in [3.05, 3.63) is 18.6 Å². The van der Waals surface area contributed by atoms with Crippen LogP contribution in [-0.2, 0) is 0 Å². The molecular weight excluding hydrogens is 174 g/mol. The Bertz CT molecular complexity index is 292. The summed E-state index contributed by atoms with van der Waals surface area (Å²) < 4.78 is 0. The Morgan fingerprint density at radius 3 is 2.36 bits per heavy atom. The Kier molecular flexibility index (Phi) is 1.89. The Hall–Kier alpha value is -1.12. The molecule has 2 saturated carbocycles. The first-order valence-corrected chi connectivity index (χ1v) is 5.46. The predicted octanol–water partition coefficient (Wildman–Crippen LogP) is 2.08. The third-order valence-electron chi connectivity index (χ3n) is 3.14. The van der Waals surface area contributed by atoms with Gasteiger partial charge in [-0.2, -0.15) is 0 Å². The largest absolute Gasteiger partial charge is 0.366 e. The van der Waals surface area contributed by atoms with E-state index in [0.29, 0.717) is 6.04 Å². The van der Waals surface area contributed by atoms with Crippen LogP contribution in [0.15, 0.2) is 18.6 Å². The van der Waals surface area contributed by atoms with Gasteiger partial charge in [-0.1, -0.05) is 0 Å². The first-order valence-electron chi connectivity index (χ1n) is 5.46. The number of nitrogens with zero attached hydrogens (tertiary/aromatic N) is 2. The van der Waals surface area contributed by atoms with Crippen molar-refractivity contribution < 1.29 is 0 Å². The smallest absolute Gasteiger partial charge is 0.144 e. The lowest BCUT2D eigenvalue weighted by Crippen LogP contribution is -2.24. The summed E-state index contributed by atoms with van der Waals surface area (Å²) in [5.74, 6) is 2.75. The van der Waals surface area contributed by atoms with E-state index in [1.54, 1.807) is 12.4 Å². The average molecular weight is 189 g/mol. The third-order valence-corrected chi connectivity index (χ3v) is 3.14. The van der Waals surface area contributed by atoms with Gasteiger partial charge in [0.1, 0.15) is 5.82 Å². The number of nitrogens with one attached hydrogen (secondary N) is 1. The molecule has 0 radical (unpaired) electrons. The summed E-state index contributed by atoms with van der Waals surface area (Å²) in [6.07, 6.45) is 10.9. The normalized spacial score (nSPS) is 21.2. The quantitative estimate of drug-likeness (QED) is 0.788. The van der Waals surface area contributed by atoms with Crippen LogP contribution < -0.4 is 5.32 Å². The summed E-state index contributed by atoms with van der Waals surface area (Å²) in [7, 11) is 0. The Balaban J connectivity index is 1.69. The molecule has 0 bridgehead atoms. The molecule has 1 heterocycles. The maximum absolute atomic E-state index is 4.27. The Morgan fingerprint density at radius 2 is 1.86 bits per heavy atom. The van der Waals surface area contributed by atoms with E-state index in [9.17, 15) is 0 Å². The first-order chi connectivity index (χ1) is 6.93. The van der Waals surface area contributed by atoms with E-state index < -0.39 is 0 Å². The summed E-state index contributed by atoms with van der Waals surface area (Å²) in [5.41, 5.74) is 0. The maximum atomic E-state index is 4.27. The van der Waals surface area contributed by atoms with Crippen molar-refractivity contribution in [2.75, 3.05) is 5.32 Å². The van der Waals surface area contributed by atoms with Gasteiger partial charge in [0.2, 0.25) is 0 Å². The van der Waals surface area contributed by atoms with Crippen LogP contribution in [0.2, 0.25) is 0 Å². The van der Waals surface area contributed by atoms with Gasteiger partial charge < -0.3 is 5.32 Å². The molecule has 0 saturated heterocycles. The van der Waals surface area contributed by atoms with Crippen LogP contribution in [-0.4, -0.2) is 16.0 Å². The highest BCUT2D eigenvalue weighted by molar-refractivity contribution is 5.33. The van der Waals surface area contributed by atoms with Gasteiger partial charge >= 0.3 is 0 Å². The molecule has 2 aliphatic carbocycles. The lowest BCUT2D eigenvalue weighted by Gasteiger charge is -2.17. The van der Waals surface area contributed by atoms with Gasteiger partial charge in [-0.3, -0.25) is 4.98 Å². The van der Waals surface area contributed by atoms with E-state index >= 15 is 0 Å². The number of rotatable bonds is 4. The van der Waals surface area contributed by atoms with Crippen molar-refractivity contribution in [3.63, 3.8) is 0 Å². The van der Waals surface area contributed by atoms with Gasteiger partial charge in [-0.25, -0.2) is 4.98 Å². The zero-order valence-corrected chi connectivity index (χ0v) is 8.19. The molecule has 0 amide bonds. The molecule has 2 aliphatic rings. The van der Waals surface area contributed by atoms with Crippen LogP contribution in [0.5, 0.6) is 0 Å². The lowest BCUT2D eigenvalue weighted by molar-refractivity contribution is 0.565. The van der Waals surface area contributed by atoms with Crippen LogP contribution in [0.1, 0.15) is 25.7 Å². The molecule has 3 rings (SSSR count). The van der Waals surface area contributed by atoms with E-state index in [4.69, 9.17) is 0 Å². The van der Waals surface area contributed by atoms with Crippen LogP contribution in [0.4, 0.5) is 5.82 Å². The van der Waals surface area contributed by atoms with Crippen LogP contribution in [0, 0.1) is 11.8 Å². The molecule has 2 fully saturated rings. The van der Waals surface area contributed by atoms with Gasteiger partial charge in [-0.15, -0.1) is 0 Å². The predicted molar refractivity (Wildman–Crippen MR) is 54.9 cm³/mol. The summed E-state index contributed by atoms with van der Waals surface area (Å²) >= 11 is 0. The van der Waals surface area contributed by atoms with Crippen LogP contribution in [0.3, 0.4) is 0 Å². The number of anilines is 1. The fraction of sp³-hybridized carbons (Fsp3) is 0.636. The highest BCUT2D eigenvalue weighted by atomic mass is 15.0. The molecule has 3 nitrogen and oxygen atoms in total. The molecule has 0 unspecified atom stereocenters. The van der Waals surface area contributed by atoms with Crippen molar-refractivity contribution in [3.8, 4) is 0 Å². The van der Waals surface area contributed by atoms with E-state index in [-0.39, 0.29) is 0 Å². The van der Waals surface area contributed by atoms with Crippen LogP contribution >= 0.6 is 0 Å². The minimum absolute atomic E-state index is 0.673. The van der Waals surface area contributed by atoms with Gasteiger partial charge in [0.25, 0.3) is 0 Å². The van der Waals surface area contributed by atoms with Crippen molar-refractivity contribution in [1.82, 2.24) is 9.97 Å². The Labute approximate surface area is 84.0 Å². The molecule has 3 heteroatoms. The standard InChI is InChI=1S/C11H15N3/c1-2-8(1)11(9-3-4-9)14-10-7-12-5-6-13-10/h5-9,11H,1-4H2,(H,13,14). The zero-order valence-electron chi connectivity index (χ0n) is 8.19. The minimum atomic E-state index is 0.673. The molecule has 1 aromatic heterocycles. The van der Waals surface area contributed by atoms with Crippen molar-refractivity contribution >= 4 is 5.82 Å². The maximum Gasteiger partial charge on any atom is 0.144 e. The van der Waals surface area contributed by atoms with Gasteiger partial charge in [0, 0.05) is 18.4 Å². The molecule has 1 aromatic rings. The summed E-state index contributed by atoms with van der Waals surface area (Å²) in [4.78, 5) is 8.34. The fourth-order valence-electron chi connectivity index (χ4n) is 2.08. The topological polar surface area (TPSA) is 37.8 Å². The molecule has 0 atom stereocenters. The van der Waals surface area contributed by atoms with Crippen molar-refractivity contribution in [1.29, 1.82) is 0 Å². The van der Waals surface area contributed by atoms with E-state index in [2.05, 4.69) is 15.3 Å². The van der Waals surface area contributed by atoms with E-state index in [0.717, 1.165) is 17.7 Å². The van der Waals surface area contributed by atoms with Crippen molar-refractivity contribution in [2.45, 2.75) is 31.7 Å². The molecule has 1 N–H and O–H groups in total. The summed E-state index contributed by atoms with van der Waals surface area (Å²) in [6, 6.07) is 0.673. The summed E-state index contributed by atoms with van der Waals surface area (Å²) in [5, 5.41) is 3.53. The lowest BCUT2D eigenvalue weighted by atomic mass is 10.1. The van der Waals surface area contributed by atoms with E-state index in [1.165, 1.54) is 25.7 Å². The van der Waals surface area contributed by atoms with Crippen LogP contribution in [0.25, 0.3) is 0 Å². The molecule has 74 valence electrons. The average Bonchev–Trinajstić information content (AvgIpc) is 3.08. The Morgan fingerprint density at radius 1 is 1.14 bits per heavy atom. The fourth-order valence-corrected chi connectivity index (χ4v) is 2.08. The minimum Gasteiger partial charge on any atom is -0.366 e.